The molecule has 0 radical (unpaired) electrons. The van der Waals surface area contributed by atoms with Crippen LogP contribution in [-0.2, 0) is 6.42 Å². The van der Waals surface area contributed by atoms with E-state index in [2.05, 4.69) is 15.3 Å². The normalized spacial score (nSPS) is 10.6. The van der Waals surface area contributed by atoms with Gasteiger partial charge in [-0.2, -0.15) is 0 Å². The Morgan fingerprint density at radius 3 is 2.79 bits per heavy atom. The number of hydrogen-bond donors (Lipinski definition) is 1. The molecule has 7 heteroatoms. The van der Waals surface area contributed by atoms with Crippen molar-refractivity contribution in [2.45, 2.75) is 6.42 Å². The Kier molecular flexibility index (Phi) is 5.17. The van der Waals surface area contributed by atoms with E-state index < -0.39 is 11.7 Å². The Balaban J connectivity index is 1.59. The Labute approximate surface area is 147 Å². The first-order chi connectivity index (χ1) is 11.6. The maximum absolute atomic E-state index is 13.7. The predicted octanol–water partition coefficient (Wildman–Crippen LogP) is 3.97. The van der Waals surface area contributed by atoms with E-state index in [1.165, 1.54) is 29.5 Å². The highest BCUT2D eigenvalue weighted by atomic mass is 35.5. The number of halogens is 2. The molecular weight excluding hydrogens is 349 g/mol. The van der Waals surface area contributed by atoms with Crippen molar-refractivity contribution in [2.75, 3.05) is 6.54 Å². The quantitative estimate of drug-likeness (QED) is 0.748. The van der Waals surface area contributed by atoms with E-state index in [1.54, 1.807) is 12.4 Å². The Bertz CT molecular complexity index is 834. The number of thiazole rings is 1. The lowest BCUT2D eigenvalue weighted by atomic mass is 10.2. The Hall–Kier alpha value is -2.31. The largest absolute Gasteiger partial charge is 0.352 e. The third-order valence-electron chi connectivity index (χ3n) is 3.34. The number of aromatic nitrogens is 2. The number of carbonyl (C=O) groups is 1. The van der Waals surface area contributed by atoms with Crippen molar-refractivity contribution in [1.29, 1.82) is 0 Å². The minimum atomic E-state index is -0.631. The summed E-state index contributed by atoms with van der Waals surface area (Å²) in [5.74, 6) is -1.16. The van der Waals surface area contributed by atoms with E-state index in [0.717, 1.165) is 16.3 Å². The summed E-state index contributed by atoms with van der Waals surface area (Å²) in [6.07, 6.45) is 3.99. The van der Waals surface area contributed by atoms with Gasteiger partial charge in [-0.1, -0.05) is 17.7 Å². The van der Waals surface area contributed by atoms with Crippen LogP contribution >= 0.6 is 22.9 Å². The van der Waals surface area contributed by atoms with Crippen molar-refractivity contribution in [3.63, 3.8) is 0 Å². The van der Waals surface area contributed by atoms with Crippen molar-refractivity contribution in [3.8, 4) is 10.6 Å². The van der Waals surface area contributed by atoms with Gasteiger partial charge in [-0.25, -0.2) is 9.37 Å². The molecule has 0 spiro atoms. The second-order valence-corrected chi connectivity index (χ2v) is 6.25. The van der Waals surface area contributed by atoms with Crippen LogP contribution < -0.4 is 5.32 Å². The van der Waals surface area contributed by atoms with Crippen molar-refractivity contribution >= 4 is 28.8 Å². The first kappa shape index (κ1) is 16.5. The maximum Gasteiger partial charge on any atom is 0.255 e. The zero-order chi connectivity index (χ0) is 16.9. The molecule has 0 saturated heterocycles. The monoisotopic (exact) mass is 361 g/mol. The van der Waals surface area contributed by atoms with Crippen LogP contribution in [0.25, 0.3) is 10.6 Å². The number of amides is 1. The third kappa shape index (κ3) is 3.77. The molecule has 3 aromatic rings. The van der Waals surface area contributed by atoms with Crippen molar-refractivity contribution < 1.29 is 9.18 Å². The summed E-state index contributed by atoms with van der Waals surface area (Å²) < 4.78 is 13.7. The van der Waals surface area contributed by atoms with Gasteiger partial charge in [0.2, 0.25) is 0 Å². The first-order valence-electron chi connectivity index (χ1n) is 7.22. The van der Waals surface area contributed by atoms with E-state index in [0.29, 0.717) is 13.0 Å². The van der Waals surface area contributed by atoms with E-state index in [1.807, 2.05) is 17.5 Å². The average Bonchev–Trinajstić information content (AvgIpc) is 3.04. The van der Waals surface area contributed by atoms with Gasteiger partial charge >= 0.3 is 0 Å². The smallest absolute Gasteiger partial charge is 0.255 e. The molecule has 0 fully saturated rings. The van der Waals surface area contributed by atoms with Crippen LogP contribution in [0, 0.1) is 5.82 Å². The van der Waals surface area contributed by atoms with Crippen LogP contribution in [0.3, 0.4) is 0 Å². The van der Waals surface area contributed by atoms with Crippen molar-refractivity contribution in [2.24, 2.45) is 0 Å². The second-order valence-electron chi connectivity index (χ2n) is 4.98. The van der Waals surface area contributed by atoms with Crippen molar-refractivity contribution in [1.82, 2.24) is 15.3 Å². The molecule has 0 atom stereocenters. The molecule has 2 heterocycles. The number of rotatable bonds is 5. The van der Waals surface area contributed by atoms with Crippen LogP contribution in [0.2, 0.25) is 5.02 Å². The molecule has 0 saturated carbocycles. The van der Waals surface area contributed by atoms with Gasteiger partial charge in [0.25, 0.3) is 5.91 Å². The lowest BCUT2D eigenvalue weighted by molar-refractivity contribution is 0.0950. The second kappa shape index (κ2) is 7.51. The molecular formula is C17H13ClFN3OS. The molecule has 3 rings (SSSR count). The summed E-state index contributed by atoms with van der Waals surface area (Å²) in [6.45, 7) is 0.350. The van der Waals surface area contributed by atoms with Gasteiger partial charge in [-0.15, -0.1) is 11.3 Å². The van der Waals surface area contributed by atoms with Gasteiger partial charge in [0.1, 0.15) is 10.8 Å². The molecule has 24 heavy (non-hydrogen) atoms. The van der Waals surface area contributed by atoms with Gasteiger partial charge < -0.3 is 5.32 Å². The van der Waals surface area contributed by atoms with Crippen LogP contribution in [0.5, 0.6) is 0 Å². The molecule has 0 unspecified atom stereocenters. The van der Waals surface area contributed by atoms with Crippen molar-refractivity contribution in [3.05, 3.63) is 70.2 Å². The summed E-state index contributed by atoms with van der Waals surface area (Å²) in [7, 11) is 0. The number of nitrogens with zero attached hydrogens (tertiary/aromatic N) is 2. The van der Waals surface area contributed by atoms with E-state index in [4.69, 9.17) is 11.6 Å². The lowest BCUT2D eigenvalue weighted by Gasteiger charge is -2.06. The first-order valence-corrected chi connectivity index (χ1v) is 8.48. The van der Waals surface area contributed by atoms with E-state index in [-0.39, 0.29) is 10.6 Å². The molecule has 1 aromatic carbocycles. The molecule has 122 valence electrons. The summed E-state index contributed by atoms with van der Waals surface area (Å²) in [4.78, 5) is 20.5. The number of carbonyl (C=O) groups excluding carboxylic acids is 1. The van der Waals surface area contributed by atoms with E-state index >= 15 is 0 Å². The third-order valence-corrected chi connectivity index (χ3v) is 4.59. The van der Waals surface area contributed by atoms with E-state index in [9.17, 15) is 9.18 Å². The number of benzene rings is 1. The number of hydrogen-bond acceptors (Lipinski definition) is 4. The highest BCUT2D eigenvalue weighted by molar-refractivity contribution is 7.13. The highest BCUT2D eigenvalue weighted by Crippen LogP contribution is 2.23. The molecule has 0 bridgehead atoms. The summed E-state index contributed by atoms with van der Waals surface area (Å²) >= 11 is 7.40. The predicted molar refractivity (Wildman–Crippen MR) is 92.8 cm³/mol. The fraction of sp³-hybridized carbons (Fsp3) is 0.118. The topological polar surface area (TPSA) is 54.9 Å². The molecule has 0 aliphatic heterocycles. The van der Waals surface area contributed by atoms with Gasteiger partial charge in [-0.05, 0) is 24.3 Å². The summed E-state index contributed by atoms with van der Waals surface area (Å²) in [5, 5.41) is 5.61. The minimum Gasteiger partial charge on any atom is -0.352 e. The number of pyridine rings is 1. The fourth-order valence-electron chi connectivity index (χ4n) is 2.16. The Morgan fingerprint density at radius 2 is 2.04 bits per heavy atom. The van der Waals surface area contributed by atoms with Crippen LogP contribution in [-0.4, -0.2) is 22.4 Å². The standard InChI is InChI=1S/C17H13ClFN3OS/c18-13-2-1-3-14(19)15(13)16(23)21-9-6-12-10-24-17(22-12)11-4-7-20-8-5-11/h1-5,7-8,10H,6,9H2,(H,21,23). The highest BCUT2D eigenvalue weighted by Gasteiger charge is 2.15. The fourth-order valence-corrected chi connectivity index (χ4v) is 3.27. The van der Waals surface area contributed by atoms with Gasteiger partial charge in [0.05, 0.1) is 16.3 Å². The molecule has 4 nitrogen and oxygen atoms in total. The maximum atomic E-state index is 13.7. The number of nitrogens with one attached hydrogen (secondary N) is 1. The van der Waals surface area contributed by atoms with Crippen LogP contribution in [0.1, 0.15) is 16.1 Å². The summed E-state index contributed by atoms with van der Waals surface area (Å²) in [6, 6.07) is 7.95. The SMILES string of the molecule is O=C(NCCc1csc(-c2ccncc2)n1)c1c(F)cccc1Cl. The minimum absolute atomic E-state index is 0.0983. The molecule has 1 amide bonds. The van der Waals surface area contributed by atoms with Crippen LogP contribution in [0.4, 0.5) is 4.39 Å². The van der Waals surface area contributed by atoms with Gasteiger partial charge in [0.15, 0.2) is 0 Å². The molecule has 2 aromatic heterocycles. The molecule has 0 aliphatic carbocycles. The zero-order valence-corrected chi connectivity index (χ0v) is 14.1. The van der Waals surface area contributed by atoms with Gasteiger partial charge in [-0.3, -0.25) is 9.78 Å². The average molecular weight is 362 g/mol. The zero-order valence-electron chi connectivity index (χ0n) is 12.5. The van der Waals surface area contributed by atoms with Crippen LogP contribution in [0.15, 0.2) is 48.1 Å². The summed E-state index contributed by atoms with van der Waals surface area (Å²) in [5.41, 5.74) is 1.74. The molecule has 1 N–H and O–H groups in total. The lowest BCUT2D eigenvalue weighted by Crippen LogP contribution is -2.27. The molecule has 0 aliphatic rings. The van der Waals surface area contributed by atoms with Gasteiger partial charge in [0, 0.05) is 36.3 Å². The Morgan fingerprint density at radius 1 is 1.25 bits per heavy atom.